The number of nitrogens with two attached hydrogens (primary N) is 1. The summed E-state index contributed by atoms with van der Waals surface area (Å²) in [5.41, 5.74) is 5.56. The van der Waals surface area contributed by atoms with E-state index in [-0.39, 0.29) is 15.1 Å². The van der Waals surface area contributed by atoms with Gasteiger partial charge in [-0.15, -0.1) is 0 Å². The quantitative estimate of drug-likeness (QED) is 0.738. The van der Waals surface area contributed by atoms with E-state index in [9.17, 15) is 12.8 Å². The summed E-state index contributed by atoms with van der Waals surface area (Å²) in [6, 6.07) is 8.76. The number of sulfonamides is 1. The fourth-order valence-corrected chi connectivity index (χ4v) is 4.01. The Morgan fingerprint density at radius 3 is 2.50 bits per heavy atom. The van der Waals surface area contributed by atoms with Crippen molar-refractivity contribution in [3.05, 3.63) is 51.2 Å². The fraction of sp³-hybridized carbons (Fsp3) is 0. The molecule has 0 aliphatic rings. The van der Waals surface area contributed by atoms with Gasteiger partial charge in [0, 0.05) is 14.6 Å². The molecule has 0 aliphatic heterocycles. The molecule has 0 aromatic heterocycles. The van der Waals surface area contributed by atoms with Crippen LogP contribution in [0.15, 0.2) is 50.2 Å². The summed E-state index contributed by atoms with van der Waals surface area (Å²) in [6.45, 7) is 0. The third-order valence-electron chi connectivity index (χ3n) is 2.42. The van der Waals surface area contributed by atoms with E-state index in [1.54, 1.807) is 24.3 Å². The number of nitrogens with one attached hydrogen (secondary N) is 1. The number of benzene rings is 2. The molecule has 4 nitrogen and oxygen atoms in total. The first-order valence-electron chi connectivity index (χ1n) is 5.32. The number of rotatable bonds is 3. The molecule has 2 aromatic carbocycles. The third kappa shape index (κ3) is 3.31. The molecule has 0 radical (unpaired) electrons. The topological polar surface area (TPSA) is 72.2 Å². The van der Waals surface area contributed by atoms with E-state index in [2.05, 4.69) is 36.6 Å². The van der Waals surface area contributed by atoms with E-state index in [1.165, 1.54) is 0 Å². The SMILES string of the molecule is Nc1cc(S(=O)(=O)Nc2cccc(Br)c2)c(Br)cc1F. The van der Waals surface area contributed by atoms with Crippen molar-refractivity contribution in [3.63, 3.8) is 0 Å². The van der Waals surface area contributed by atoms with Crippen LogP contribution in [0.2, 0.25) is 0 Å². The molecule has 2 rings (SSSR count). The van der Waals surface area contributed by atoms with E-state index in [0.29, 0.717) is 5.69 Å². The summed E-state index contributed by atoms with van der Waals surface area (Å²) in [6.07, 6.45) is 0. The minimum absolute atomic E-state index is 0.103. The lowest BCUT2D eigenvalue weighted by Gasteiger charge is -2.11. The van der Waals surface area contributed by atoms with Crippen molar-refractivity contribution >= 4 is 53.3 Å². The Kier molecular flexibility index (Phi) is 4.36. The van der Waals surface area contributed by atoms with Gasteiger partial charge in [0.1, 0.15) is 10.7 Å². The second kappa shape index (κ2) is 5.71. The summed E-state index contributed by atoms with van der Waals surface area (Å²) >= 11 is 6.27. The van der Waals surface area contributed by atoms with Crippen LogP contribution in [-0.2, 0) is 10.0 Å². The van der Waals surface area contributed by atoms with Gasteiger partial charge in [0.2, 0.25) is 0 Å². The standard InChI is InChI=1S/C12H9Br2FN2O2S/c13-7-2-1-3-8(4-7)17-20(18,19)12-6-11(16)10(15)5-9(12)14/h1-6,17H,16H2. The Hall–Kier alpha value is -1.12. The molecule has 2 aromatic rings. The second-order valence-electron chi connectivity index (χ2n) is 3.92. The largest absolute Gasteiger partial charge is 0.396 e. The molecule has 20 heavy (non-hydrogen) atoms. The molecule has 0 amide bonds. The fourth-order valence-electron chi connectivity index (χ4n) is 1.51. The number of halogens is 3. The summed E-state index contributed by atoms with van der Waals surface area (Å²) < 4.78 is 41.0. The van der Waals surface area contributed by atoms with Gasteiger partial charge in [0.15, 0.2) is 0 Å². The van der Waals surface area contributed by atoms with Crippen LogP contribution >= 0.6 is 31.9 Å². The highest BCUT2D eigenvalue weighted by Crippen LogP contribution is 2.28. The zero-order valence-electron chi connectivity index (χ0n) is 9.90. The predicted molar refractivity (Wildman–Crippen MR) is 83.5 cm³/mol. The van der Waals surface area contributed by atoms with Gasteiger partial charge in [-0.2, -0.15) is 0 Å². The van der Waals surface area contributed by atoms with Crippen molar-refractivity contribution in [1.29, 1.82) is 0 Å². The van der Waals surface area contributed by atoms with E-state index in [1.807, 2.05) is 0 Å². The van der Waals surface area contributed by atoms with Gasteiger partial charge in [-0.1, -0.05) is 22.0 Å². The Morgan fingerprint density at radius 1 is 1.15 bits per heavy atom. The smallest absolute Gasteiger partial charge is 0.263 e. The monoisotopic (exact) mass is 422 g/mol. The molecular weight excluding hydrogens is 415 g/mol. The Labute approximate surface area is 132 Å². The molecule has 0 heterocycles. The van der Waals surface area contributed by atoms with Gasteiger partial charge in [-0.05, 0) is 46.3 Å². The zero-order valence-corrected chi connectivity index (χ0v) is 13.9. The average molecular weight is 424 g/mol. The van der Waals surface area contributed by atoms with Crippen molar-refractivity contribution in [2.24, 2.45) is 0 Å². The Bertz CT molecular complexity index is 766. The molecule has 3 N–H and O–H groups in total. The maximum absolute atomic E-state index is 13.3. The molecule has 0 aliphatic carbocycles. The van der Waals surface area contributed by atoms with Crippen LogP contribution in [0.25, 0.3) is 0 Å². The summed E-state index contributed by atoms with van der Waals surface area (Å²) in [5.74, 6) is -0.682. The first kappa shape index (κ1) is 15.3. The maximum Gasteiger partial charge on any atom is 0.263 e. The number of anilines is 2. The second-order valence-corrected chi connectivity index (χ2v) is 7.34. The van der Waals surface area contributed by atoms with Crippen LogP contribution in [0.1, 0.15) is 0 Å². The van der Waals surface area contributed by atoms with Gasteiger partial charge in [0.05, 0.1) is 5.69 Å². The highest BCUT2D eigenvalue weighted by Gasteiger charge is 2.20. The molecule has 0 fully saturated rings. The van der Waals surface area contributed by atoms with Crippen molar-refractivity contribution in [2.75, 3.05) is 10.5 Å². The van der Waals surface area contributed by atoms with Crippen LogP contribution in [0.3, 0.4) is 0 Å². The minimum Gasteiger partial charge on any atom is -0.396 e. The van der Waals surface area contributed by atoms with Crippen LogP contribution in [0.4, 0.5) is 15.8 Å². The molecule has 0 saturated carbocycles. The van der Waals surface area contributed by atoms with E-state index in [4.69, 9.17) is 5.73 Å². The molecule has 106 valence electrons. The van der Waals surface area contributed by atoms with E-state index in [0.717, 1.165) is 16.6 Å². The summed E-state index contributed by atoms with van der Waals surface area (Å²) in [4.78, 5) is -0.128. The molecule has 0 saturated heterocycles. The van der Waals surface area contributed by atoms with Crippen molar-refractivity contribution in [1.82, 2.24) is 0 Å². The van der Waals surface area contributed by atoms with Crippen molar-refractivity contribution < 1.29 is 12.8 Å². The van der Waals surface area contributed by atoms with Crippen molar-refractivity contribution in [3.8, 4) is 0 Å². The number of hydrogen-bond acceptors (Lipinski definition) is 3. The van der Waals surface area contributed by atoms with Crippen LogP contribution < -0.4 is 10.5 Å². The normalized spacial score (nSPS) is 11.3. The van der Waals surface area contributed by atoms with Crippen molar-refractivity contribution in [2.45, 2.75) is 4.90 Å². The predicted octanol–water partition coefficient (Wildman–Crippen LogP) is 3.73. The molecule has 0 spiro atoms. The third-order valence-corrected chi connectivity index (χ3v) is 5.25. The van der Waals surface area contributed by atoms with Crippen LogP contribution in [-0.4, -0.2) is 8.42 Å². The number of hydrogen-bond donors (Lipinski definition) is 2. The lowest BCUT2D eigenvalue weighted by molar-refractivity contribution is 0.599. The molecule has 0 atom stereocenters. The highest BCUT2D eigenvalue weighted by atomic mass is 79.9. The Balaban J connectivity index is 2.43. The van der Waals surface area contributed by atoms with Gasteiger partial charge in [-0.3, -0.25) is 4.72 Å². The van der Waals surface area contributed by atoms with E-state index >= 15 is 0 Å². The minimum atomic E-state index is -3.86. The number of nitrogen functional groups attached to an aromatic ring is 1. The molecule has 0 bridgehead atoms. The maximum atomic E-state index is 13.3. The van der Waals surface area contributed by atoms with Gasteiger partial charge in [-0.25, -0.2) is 12.8 Å². The lowest BCUT2D eigenvalue weighted by Crippen LogP contribution is -2.14. The average Bonchev–Trinajstić information content (AvgIpc) is 2.33. The first-order valence-corrected chi connectivity index (χ1v) is 8.39. The molecule has 8 heteroatoms. The molecular formula is C12H9Br2FN2O2S. The summed E-state index contributed by atoms with van der Waals surface area (Å²) in [5, 5.41) is 0. The lowest BCUT2D eigenvalue weighted by atomic mass is 10.3. The van der Waals surface area contributed by atoms with Crippen LogP contribution in [0, 0.1) is 5.82 Å². The van der Waals surface area contributed by atoms with E-state index < -0.39 is 15.8 Å². The van der Waals surface area contributed by atoms with Gasteiger partial charge >= 0.3 is 0 Å². The zero-order chi connectivity index (χ0) is 14.9. The summed E-state index contributed by atoms with van der Waals surface area (Å²) in [7, 11) is -3.86. The highest BCUT2D eigenvalue weighted by molar-refractivity contribution is 9.10. The van der Waals surface area contributed by atoms with Crippen LogP contribution in [0.5, 0.6) is 0 Å². The van der Waals surface area contributed by atoms with Gasteiger partial charge in [0.25, 0.3) is 10.0 Å². The van der Waals surface area contributed by atoms with Gasteiger partial charge < -0.3 is 5.73 Å². The Morgan fingerprint density at radius 2 is 1.85 bits per heavy atom. The first-order chi connectivity index (χ1) is 9.29. The molecule has 0 unspecified atom stereocenters.